The molecule has 2 aromatic carbocycles. The number of benzene rings is 2. The molecule has 0 radical (unpaired) electrons. The van der Waals surface area contributed by atoms with Gasteiger partial charge >= 0.3 is 0 Å². The molecule has 0 heterocycles. The van der Waals surface area contributed by atoms with Crippen molar-refractivity contribution in [2.75, 3.05) is 5.73 Å². The molecule has 0 unspecified atom stereocenters. The summed E-state index contributed by atoms with van der Waals surface area (Å²) in [5, 5.41) is 0.705. The molecule has 2 rings (SSSR count). The second-order valence-corrected chi connectivity index (χ2v) is 4.82. The molecular formula is C15H16ClN. The Kier molecular flexibility index (Phi) is 3.39. The van der Waals surface area contributed by atoms with Gasteiger partial charge in [-0.1, -0.05) is 35.9 Å². The molecular weight excluding hydrogens is 230 g/mol. The van der Waals surface area contributed by atoms with Crippen LogP contribution in [0.15, 0.2) is 36.4 Å². The van der Waals surface area contributed by atoms with Gasteiger partial charge in [-0.25, -0.2) is 0 Å². The van der Waals surface area contributed by atoms with Crippen molar-refractivity contribution in [3.8, 4) is 0 Å². The lowest BCUT2D eigenvalue weighted by molar-refractivity contribution is 1.13. The van der Waals surface area contributed by atoms with Gasteiger partial charge in [-0.05, 0) is 54.7 Å². The van der Waals surface area contributed by atoms with E-state index in [9.17, 15) is 0 Å². The Morgan fingerprint density at radius 1 is 1.06 bits per heavy atom. The van der Waals surface area contributed by atoms with Gasteiger partial charge in [0.2, 0.25) is 0 Å². The first-order valence-electron chi connectivity index (χ1n) is 5.67. The predicted molar refractivity (Wildman–Crippen MR) is 74.6 cm³/mol. The van der Waals surface area contributed by atoms with Gasteiger partial charge in [-0.3, -0.25) is 0 Å². The SMILES string of the molecule is Cc1ccccc1Cc1cc(Cl)cc(N)c1C. The normalized spacial score (nSPS) is 10.5. The summed E-state index contributed by atoms with van der Waals surface area (Å²) in [5.41, 5.74) is 11.6. The largest absolute Gasteiger partial charge is 0.398 e. The van der Waals surface area contributed by atoms with E-state index in [1.165, 1.54) is 16.7 Å². The van der Waals surface area contributed by atoms with Crippen molar-refractivity contribution in [1.82, 2.24) is 0 Å². The van der Waals surface area contributed by atoms with Crippen LogP contribution in [0.3, 0.4) is 0 Å². The number of anilines is 1. The molecule has 0 aliphatic rings. The number of aryl methyl sites for hydroxylation is 1. The second kappa shape index (κ2) is 4.80. The van der Waals surface area contributed by atoms with Crippen molar-refractivity contribution in [1.29, 1.82) is 0 Å². The minimum absolute atomic E-state index is 0.705. The molecule has 0 bridgehead atoms. The Morgan fingerprint density at radius 2 is 1.76 bits per heavy atom. The topological polar surface area (TPSA) is 26.0 Å². The second-order valence-electron chi connectivity index (χ2n) is 4.38. The smallest absolute Gasteiger partial charge is 0.0429 e. The quantitative estimate of drug-likeness (QED) is 0.791. The minimum Gasteiger partial charge on any atom is -0.398 e. The third-order valence-corrected chi connectivity index (χ3v) is 3.38. The molecule has 1 nitrogen and oxygen atoms in total. The maximum atomic E-state index is 6.05. The van der Waals surface area contributed by atoms with Crippen LogP contribution in [0.4, 0.5) is 5.69 Å². The summed E-state index contributed by atoms with van der Waals surface area (Å²) < 4.78 is 0. The fraction of sp³-hybridized carbons (Fsp3) is 0.200. The zero-order valence-electron chi connectivity index (χ0n) is 10.1. The average molecular weight is 246 g/mol. The summed E-state index contributed by atoms with van der Waals surface area (Å²) in [6.45, 7) is 4.16. The van der Waals surface area contributed by atoms with Crippen LogP contribution in [0, 0.1) is 13.8 Å². The highest BCUT2D eigenvalue weighted by Gasteiger charge is 2.06. The molecule has 0 saturated carbocycles. The first kappa shape index (κ1) is 12.0. The van der Waals surface area contributed by atoms with Gasteiger partial charge in [-0.15, -0.1) is 0 Å². The van der Waals surface area contributed by atoms with Crippen LogP contribution in [0.25, 0.3) is 0 Å². The minimum atomic E-state index is 0.705. The van der Waals surface area contributed by atoms with Gasteiger partial charge in [0.1, 0.15) is 0 Å². The van der Waals surface area contributed by atoms with E-state index >= 15 is 0 Å². The maximum Gasteiger partial charge on any atom is 0.0429 e. The highest BCUT2D eigenvalue weighted by atomic mass is 35.5. The Morgan fingerprint density at radius 3 is 2.47 bits per heavy atom. The Bertz CT molecular complexity index is 547. The lowest BCUT2D eigenvalue weighted by Gasteiger charge is -2.11. The molecule has 2 aromatic rings. The number of nitrogens with two attached hydrogens (primary N) is 1. The molecule has 0 fully saturated rings. The van der Waals surface area contributed by atoms with Crippen molar-refractivity contribution < 1.29 is 0 Å². The van der Waals surface area contributed by atoms with E-state index in [1.54, 1.807) is 6.07 Å². The van der Waals surface area contributed by atoms with Crippen LogP contribution in [0.5, 0.6) is 0 Å². The van der Waals surface area contributed by atoms with Gasteiger partial charge in [0.15, 0.2) is 0 Å². The van der Waals surface area contributed by atoms with E-state index in [1.807, 2.05) is 13.0 Å². The van der Waals surface area contributed by atoms with E-state index in [4.69, 9.17) is 17.3 Å². The van der Waals surface area contributed by atoms with Crippen molar-refractivity contribution in [2.24, 2.45) is 0 Å². The number of rotatable bonds is 2. The summed E-state index contributed by atoms with van der Waals surface area (Å²) in [6, 6.07) is 12.2. The standard InChI is InChI=1S/C15H16ClN/c1-10-5-3-4-6-12(10)7-13-8-14(16)9-15(17)11(13)2/h3-6,8-9H,7,17H2,1-2H3. The zero-order chi connectivity index (χ0) is 12.4. The van der Waals surface area contributed by atoms with E-state index in [-0.39, 0.29) is 0 Å². The van der Waals surface area contributed by atoms with E-state index in [0.29, 0.717) is 5.02 Å². The third kappa shape index (κ3) is 2.62. The van der Waals surface area contributed by atoms with Gasteiger partial charge < -0.3 is 5.73 Å². The van der Waals surface area contributed by atoms with E-state index < -0.39 is 0 Å². The monoisotopic (exact) mass is 245 g/mol. The fourth-order valence-electron chi connectivity index (χ4n) is 1.96. The highest BCUT2D eigenvalue weighted by molar-refractivity contribution is 6.31. The first-order valence-corrected chi connectivity index (χ1v) is 6.04. The lowest BCUT2D eigenvalue weighted by Crippen LogP contribution is -1.98. The van der Waals surface area contributed by atoms with Crippen LogP contribution in [-0.2, 0) is 6.42 Å². The molecule has 17 heavy (non-hydrogen) atoms. The summed E-state index contributed by atoms with van der Waals surface area (Å²) in [6.07, 6.45) is 0.878. The molecule has 0 aliphatic carbocycles. The molecule has 88 valence electrons. The van der Waals surface area contributed by atoms with Gasteiger partial charge in [-0.2, -0.15) is 0 Å². The Hall–Kier alpha value is -1.47. The van der Waals surface area contributed by atoms with Crippen molar-refractivity contribution >= 4 is 17.3 Å². The maximum absolute atomic E-state index is 6.05. The zero-order valence-corrected chi connectivity index (χ0v) is 10.9. The van der Waals surface area contributed by atoms with E-state index in [0.717, 1.165) is 17.7 Å². The van der Waals surface area contributed by atoms with Crippen LogP contribution in [0.2, 0.25) is 5.02 Å². The van der Waals surface area contributed by atoms with Crippen LogP contribution >= 0.6 is 11.6 Å². The summed E-state index contributed by atoms with van der Waals surface area (Å²) >= 11 is 6.05. The van der Waals surface area contributed by atoms with Crippen molar-refractivity contribution in [2.45, 2.75) is 20.3 Å². The number of nitrogen functional groups attached to an aromatic ring is 1. The molecule has 2 heteroatoms. The van der Waals surface area contributed by atoms with Crippen LogP contribution < -0.4 is 5.73 Å². The molecule has 0 saturated heterocycles. The predicted octanol–water partition coefficient (Wildman–Crippen LogP) is 4.13. The molecule has 2 N–H and O–H groups in total. The number of hydrogen-bond donors (Lipinski definition) is 1. The summed E-state index contributed by atoms with van der Waals surface area (Å²) in [5.74, 6) is 0. The fourth-order valence-corrected chi connectivity index (χ4v) is 2.21. The number of hydrogen-bond acceptors (Lipinski definition) is 1. The van der Waals surface area contributed by atoms with Crippen molar-refractivity contribution in [3.05, 3.63) is 63.7 Å². The van der Waals surface area contributed by atoms with Gasteiger partial charge in [0.25, 0.3) is 0 Å². The molecule has 0 spiro atoms. The third-order valence-electron chi connectivity index (χ3n) is 3.16. The lowest BCUT2D eigenvalue weighted by atomic mass is 9.97. The highest BCUT2D eigenvalue weighted by Crippen LogP contribution is 2.25. The molecule has 0 aromatic heterocycles. The average Bonchev–Trinajstić information content (AvgIpc) is 2.28. The Labute approximate surface area is 107 Å². The van der Waals surface area contributed by atoms with Gasteiger partial charge in [0.05, 0.1) is 0 Å². The number of halogens is 1. The molecule has 0 amide bonds. The first-order chi connectivity index (χ1) is 8.08. The molecule has 0 aliphatic heterocycles. The van der Waals surface area contributed by atoms with Crippen LogP contribution in [-0.4, -0.2) is 0 Å². The summed E-state index contributed by atoms with van der Waals surface area (Å²) in [7, 11) is 0. The van der Waals surface area contributed by atoms with Gasteiger partial charge in [0, 0.05) is 10.7 Å². The molecule has 0 atom stereocenters. The summed E-state index contributed by atoms with van der Waals surface area (Å²) in [4.78, 5) is 0. The van der Waals surface area contributed by atoms with Crippen molar-refractivity contribution in [3.63, 3.8) is 0 Å². The Balaban J connectivity index is 2.40. The van der Waals surface area contributed by atoms with E-state index in [2.05, 4.69) is 31.2 Å². The van der Waals surface area contributed by atoms with Crippen LogP contribution in [0.1, 0.15) is 22.3 Å².